The topological polar surface area (TPSA) is 145 Å². The number of benzene rings is 2. The molecule has 0 spiro atoms. The number of hydrogen-bond donors (Lipinski definition) is 4. The van der Waals surface area contributed by atoms with Gasteiger partial charge in [0.05, 0.1) is 18.3 Å². The smallest absolute Gasteiger partial charge is 0.408 e. The highest BCUT2D eigenvalue weighted by molar-refractivity contribution is 6.29. The van der Waals surface area contributed by atoms with Crippen LogP contribution in [0.15, 0.2) is 65.9 Å². The number of aromatic amines is 1. The Morgan fingerprint density at radius 1 is 1.05 bits per heavy atom. The van der Waals surface area contributed by atoms with Gasteiger partial charge in [0, 0.05) is 43.0 Å². The number of para-hydroxylation sites is 1. The summed E-state index contributed by atoms with van der Waals surface area (Å²) < 4.78 is 5.36. The van der Waals surface area contributed by atoms with E-state index in [0.717, 1.165) is 22.0 Å². The number of Topliss-reactive ketones (excluding diaryl/α,β-unsaturated/α-hetero) is 1. The summed E-state index contributed by atoms with van der Waals surface area (Å²) in [6.07, 6.45) is 1.59. The number of nitrogens with zero attached hydrogens (tertiary/aromatic N) is 2. The lowest BCUT2D eigenvalue weighted by atomic mass is 9.72. The van der Waals surface area contributed by atoms with Gasteiger partial charge in [-0.25, -0.2) is 9.80 Å². The maximum atomic E-state index is 14.7. The third kappa shape index (κ3) is 6.23. The number of rotatable bonds is 9. The molecule has 11 nitrogen and oxygen atoms in total. The van der Waals surface area contributed by atoms with Crippen molar-refractivity contribution >= 4 is 40.3 Å². The molecule has 2 aliphatic heterocycles. The molecule has 3 aromatic rings. The van der Waals surface area contributed by atoms with Gasteiger partial charge in [-0.05, 0) is 51.8 Å². The minimum Gasteiger partial charge on any atom is -0.444 e. The molecule has 1 saturated heterocycles. The fraction of sp³-hybridized carbons (Fsp3) is 0.424. The fourth-order valence-corrected chi connectivity index (χ4v) is 5.72. The molecular weight excluding hydrogens is 560 g/mol. The molecule has 1 fully saturated rings. The summed E-state index contributed by atoms with van der Waals surface area (Å²) in [5, 5.41) is 15.7. The van der Waals surface area contributed by atoms with Gasteiger partial charge < -0.3 is 25.7 Å². The zero-order valence-electron chi connectivity index (χ0n) is 25.8. The number of H-pyrrole nitrogens is 1. The van der Waals surface area contributed by atoms with E-state index in [9.17, 15) is 19.2 Å². The molecule has 44 heavy (non-hydrogen) atoms. The van der Waals surface area contributed by atoms with Crippen LogP contribution in [0.5, 0.6) is 0 Å². The number of nitrogens with one attached hydrogen (secondary N) is 4. The summed E-state index contributed by atoms with van der Waals surface area (Å²) >= 11 is 0. The van der Waals surface area contributed by atoms with Crippen LogP contribution in [0.1, 0.15) is 52.2 Å². The Labute approximate surface area is 256 Å². The minimum absolute atomic E-state index is 0.0780. The van der Waals surface area contributed by atoms with E-state index in [2.05, 4.69) is 26.0 Å². The molecule has 2 atom stereocenters. The van der Waals surface area contributed by atoms with E-state index >= 15 is 0 Å². The van der Waals surface area contributed by atoms with E-state index in [-0.39, 0.29) is 19.5 Å². The average molecular weight is 601 g/mol. The normalized spacial score (nSPS) is 19.2. The Morgan fingerprint density at radius 2 is 1.75 bits per heavy atom. The molecule has 0 saturated carbocycles. The minimum atomic E-state index is -1.57. The Bertz CT molecular complexity index is 1610. The average Bonchev–Trinajstić information content (AvgIpc) is 3.50. The van der Waals surface area contributed by atoms with Gasteiger partial charge in [-0.2, -0.15) is 5.10 Å². The Balaban J connectivity index is 1.47. The number of ketones is 1. The third-order valence-electron chi connectivity index (χ3n) is 7.96. The molecule has 1 aromatic heterocycles. The molecule has 1 unspecified atom stereocenters. The van der Waals surface area contributed by atoms with Crippen molar-refractivity contribution in [2.45, 2.75) is 71.2 Å². The molecule has 5 rings (SSSR count). The van der Waals surface area contributed by atoms with Crippen LogP contribution >= 0.6 is 0 Å². The summed E-state index contributed by atoms with van der Waals surface area (Å²) in [5.41, 5.74) is -0.689. The monoisotopic (exact) mass is 600 g/mol. The molecule has 3 heterocycles. The molecule has 3 amide bonds. The molecule has 0 bridgehead atoms. The van der Waals surface area contributed by atoms with Gasteiger partial charge in [0.15, 0.2) is 11.2 Å². The van der Waals surface area contributed by atoms with Crippen LogP contribution in [-0.2, 0) is 32.1 Å². The zero-order chi connectivity index (χ0) is 31.7. The molecule has 0 aliphatic carbocycles. The third-order valence-corrected chi connectivity index (χ3v) is 7.96. The summed E-state index contributed by atoms with van der Waals surface area (Å²) in [4.78, 5) is 58.4. The Kier molecular flexibility index (Phi) is 8.35. The van der Waals surface area contributed by atoms with Crippen LogP contribution in [-0.4, -0.2) is 69.7 Å². The molecular formula is C33H40N6O5. The first-order valence-corrected chi connectivity index (χ1v) is 14.9. The van der Waals surface area contributed by atoms with Crippen molar-refractivity contribution in [1.82, 2.24) is 25.9 Å². The molecule has 232 valence electrons. The highest BCUT2D eigenvalue weighted by Gasteiger charge is 2.59. The van der Waals surface area contributed by atoms with Gasteiger partial charge in [0.25, 0.3) is 5.91 Å². The van der Waals surface area contributed by atoms with E-state index in [1.54, 1.807) is 20.8 Å². The van der Waals surface area contributed by atoms with Crippen molar-refractivity contribution in [1.29, 1.82) is 0 Å². The highest BCUT2D eigenvalue weighted by Crippen LogP contribution is 2.36. The van der Waals surface area contributed by atoms with Crippen molar-refractivity contribution in [2.24, 2.45) is 10.5 Å². The second-order valence-electron chi connectivity index (χ2n) is 12.9. The van der Waals surface area contributed by atoms with Crippen LogP contribution < -0.4 is 16.0 Å². The number of amides is 3. The number of hydrazone groups is 1. The van der Waals surface area contributed by atoms with Crippen molar-refractivity contribution < 1.29 is 23.9 Å². The summed E-state index contributed by atoms with van der Waals surface area (Å²) in [7, 11) is 0. The fourth-order valence-electron chi connectivity index (χ4n) is 5.72. The zero-order valence-corrected chi connectivity index (χ0v) is 25.8. The van der Waals surface area contributed by atoms with E-state index in [1.807, 2.05) is 60.8 Å². The SMILES string of the molecule is CC(C)(C)OC(=O)NC(C)(C)C(=O)N[C@H](Cc1c[nH]c2ccccc12)C(=O)C12CNCCC1=NN(Cc1ccccc1)C2=O. The molecule has 2 aromatic carbocycles. The molecule has 4 N–H and O–H groups in total. The van der Waals surface area contributed by atoms with Crippen LogP contribution in [0, 0.1) is 5.41 Å². The van der Waals surface area contributed by atoms with Crippen molar-refractivity contribution in [3.63, 3.8) is 0 Å². The number of ether oxygens (including phenoxy) is 1. The number of aromatic nitrogens is 1. The Morgan fingerprint density at radius 3 is 2.48 bits per heavy atom. The van der Waals surface area contributed by atoms with Crippen molar-refractivity contribution in [2.75, 3.05) is 13.1 Å². The lowest BCUT2D eigenvalue weighted by molar-refractivity contribution is -0.145. The predicted molar refractivity (Wildman–Crippen MR) is 167 cm³/mol. The highest BCUT2D eigenvalue weighted by atomic mass is 16.6. The Hall–Kier alpha value is -4.51. The second kappa shape index (κ2) is 11.9. The predicted octanol–water partition coefficient (Wildman–Crippen LogP) is 3.45. The van der Waals surface area contributed by atoms with Crippen molar-refractivity contribution in [3.05, 3.63) is 71.9 Å². The van der Waals surface area contributed by atoms with Gasteiger partial charge in [0.2, 0.25) is 5.91 Å². The molecule has 11 heteroatoms. The summed E-state index contributed by atoms with van der Waals surface area (Å²) in [5.74, 6) is -1.46. The maximum absolute atomic E-state index is 14.7. The van der Waals surface area contributed by atoms with Crippen LogP contribution in [0.25, 0.3) is 10.9 Å². The lowest BCUT2D eigenvalue weighted by Crippen LogP contribution is -2.64. The quantitative estimate of drug-likeness (QED) is 0.277. The number of hydrogen-bond acceptors (Lipinski definition) is 7. The summed E-state index contributed by atoms with van der Waals surface area (Å²) in [6.45, 7) is 9.14. The van der Waals surface area contributed by atoms with Gasteiger partial charge in [-0.3, -0.25) is 14.4 Å². The number of carbonyl (C=O) groups excluding carboxylic acids is 4. The van der Waals surface area contributed by atoms with Crippen LogP contribution in [0.2, 0.25) is 0 Å². The van der Waals surface area contributed by atoms with Gasteiger partial charge in [-0.15, -0.1) is 0 Å². The number of piperidine rings is 1. The lowest BCUT2D eigenvalue weighted by Gasteiger charge is -2.36. The second-order valence-corrected chi connectivity index (χ2v) is 12.9. The first-order chi connectivity index (χ1) is 20.8. The van der Waals surface area contributed by atoms with E-state index in [0.29, 0.717) is 18.7 Å². The van der Waals surface area contributed by atoms with Crippen molar-refractivity contribution in [3.8, 4) is 0 Å². The van der Waals surface area contributed by atoms with E-state index in [1.165, 1.54) is 18.9 Å². The number of carbonyl (C=O) groups is 4. The molecule has 0 radical (unpaired) electrons. The van der Waals surface area contributed by atoms with Crippen LogP contribution in [0.4, 0.5) is 4.79 Å². The standard InChI is InChI=1S/C33H40N6O5/c1-31(2,3)44-30(43)37-32(4,5)28(41)36-25(17-22-18-35-24-14-10-9-13-23(22)24)27(40)33-20-34-16-15-26(33)38-39(29(33)42)19-21-11-7-6-8-12-21/h6-14,18,25,34-35H,15-17,19-20H2,1-5H3,(H,36,41)(H,37,43)/t25-,33?/m1/s1. The maximum Gasteiger partial charge on any atom is 0.408 e. The first-order valence-electron chi connectivity index (χ1n) is 14.9. The van der Waals surface area contributed by atoms with E-state index in [4.69, 9.17) is 4.74 Å². The van der Waals surface area contributed by atoms with Gasteiger partial charge in [0.1, 0.15) is 11.1 Å². The van der Waals surface area contributed by atoms with E-state index < -0.39 is 46.3 Å². The van der Waals surface area contributed by atoms with Crippen LogP contribution in [0.3, 0.4) is 0 Å². The van der Waals surface area contributed by atoms with Gasteiger partial charge in [-0.1, -0.05) is 48.5 Å². The molecule has 2 aliphatic rings. The number of alkyl carbamates (subject to hydrolysis) is 1. The van der Waals surface area contributed by atoms with Gasteiger partial charge >= 0.3 is 6.09 Å². The first kappa shape index (κ1) is 30.9. The summed E-state index contributed by atoms with van der Waals surface area (Å²) in [6, 6.07) is 16.1. The largest absolute Gasteiger partial charge is 0.444 e. The number of fused-ring (bicyclic) bond motifs is 2.